The Morgan fingerprint density at radius 3 is 2.43 bits per heavy atom. The Morgan fingerprint density at radius 2 is 1.90 bits per heavy atom. The van der Waals surface area contributed by atoms with Crippen LogP contribution in [0.1, 0.15) is 32.1 Å². The van der Waals surface area contributed by atoms with Gasteiger partial charge in [0.05, 0.1) is 5.92 Å². The van der Waals surface area contributed by atoms with E-state index in [1.807, 2.05) is 0 Å². The number of carbonyl (C=O) groups excluding carboxylic acids is 2. The summed E-state index contributed by atoms with van der Waals surface area (Å²) in [6.07, 6.45) is 3.64. The van der Waals surface area contributed by atoms with E-state index in [0.29, 0.717) is 38.3 Å². The van der Waals surface area contributed by atoms with Gasteiger partial charge in [-0.15, -0.1) is 0 Å². The van der Waals surface area contributed by atoms with Crippen LogP contribution in [0.25, 0.3) is 0 Å². The van der Waals surface area contributed by atoms with Gasteiger partial charge in [0.25, 0.3) is 0 Å². The fourth-order valence-corrected chi connectivity index (χ4v) is 3.02. The van der Waals surface area contributed by atoms with Crippen LogP contribution in [0.2, 0.25) is 0 Å². The van der Waals surface area contributed by atoms with Crippen molar-refractivity contribution in [1.82, 2.24) is 15.5 Å². The van der Waals surface area contributed by atoms with Crippen molar-refractivity contribution in [2.45, 2.75) is 38.1 Å². The van der Waals surface area contributed by atoms with E-state index < -0.39 is 12.0 Å². The van der Waals surface area contributed by atoms with Crippen molar-refractivity contribution in [3.05, 3.63) is 0 Å². The third-order valence-electron chi connectivity index (χ3n) is 4.48. The summed E-state index contributed by atoms with van der Waals surface area (Å²) in [5.41, 5.74) is 0. The van der Waals surface area contributed by atoms with Gasteiger partial charge in [-0.25, -0.2) is 4.79 Å². The number of likely N-dealkylation sites (tertiary alicyclic amines) is 1. The van der Waals surface area contributed by atoms with Crippen LogP contribution in [0.4, 0.5) is 4.79 Å². The lowest BCUT2D eigenvalue weighted by Gasteiger charge is -2.26. The molecule has 118 valence electrons. The number of nitrogens with one attached hydrogen (secondary N) is 2. The summed E-state index contributed by atoms with van der Waals surface area (Å²) >= 11 is 0. The number of likely N-dealkylation sites (N-methyl/N-ethyl adjacent to an activating group) is 1. The van der Waals surface area contributed by atoms with Crippen LogP contribution in [-0.2, 0) is 9.59 Å². The maximum atomic E-state index is 11.8. The van der Waals surface area contributed by atoms with Gasteiger partial charge in [-0.1, -0.05) is 0 Å². The zero-order valence-corrected chi connectivity index (χ0v) is 12.3. The number of nitrogens with zero attached hydrogens (tertiary/aromatic N) is 1. The van der Waals surface area contributed by atoms with E-state index in [9.17, 15) is 14.4 Å². The second-order valence-corrected chi connectivity index (χ2v) is 6.01. The highest BCUT2D eigenvalue weighted by Gasteiger charge is 2.30. The minimum atomic E-state index is -0.719. The van der Waals surface area contributed by atoms with E-state index in [2.05, 4.69) is 10.6 Å². The molecule has 3 N–H and O–H groups in total. The van der Waals surface area contributed by atoms with Crippen LogP contribution < -0.4 is 10.6 Å². The molecule has 1 aliphatic carbocycles. The Hall–Kier alpha value is -1.79. The molecule has 2 aliphatic rings. The minimum absolute atomic E-state index is 0.0490. The van der Waals surface area contributed by atoms with Gasteiger partial charge in [-0.2, -0.15) is 0 Å². The number of rotatable bonds is 4. The van der Waals surface area contributed by atoms with E-state index in [1.165, 1.54) is 0 Å². The summed E-state index contributed by atoms with van der Waals surface area (Å²) < 4.78 is 0. The van der Waals surface area contributed by atoms with Gasteiger partial charge in [-0.3, -0.25) is 9.59 Å². The number of carboxylic acid groups (broad SMARTS) is 1. The van der Waals surface area contributed by atoms with Crippen LogP contribution in [0.3, 0.4) is 0 Å². The molecule has 1 unspecified atom stereocenters. The first-order valence-electron chi connectivity index (χ1n) is 7.49. The lowest BCUT2D eigenvalue weighted by atomic mass is 9.82. The molecule has 1 aliphatic heterocycles. The zero-order chi connectivity index (χ0) is 15.4. The average molecular weight is 297 g/mol. The molecule has 0 radical (unpaired) electrons. The fourth-order valence-electron chi connectivity index (χ4n) is 3.02. The van der Waals surface area contributed by atoms with E-state index in [0.717, 1.165) is 12.8 Å². The van der Waals surface area contributed by atoms with Gasteiger partial charge in [0.2, 0.25) is 5.91 Å². The van der Waals surface area contributed by atoms with E-state index in [-0.39, 0.29) is 17.9 Å². The second-order valence-electron chi connectivity index (χ2n) is 6.01. The molecule has 0 aromatic carbocycles. The largest absolute Gasteiger partial charge is 0.481 e. The SMILES string of the molecule is CN1CCC(NC(=O)NCC2CCC(C(=O)O)CC2)C1=O. The molecule has 1 saturated carbocycles. The maximum Gasteiger partial charge on any atom is 0.315 e. The molecule has 2 rings (SSSR count). The molecule has 21 heavy (non-hydrogen) atoms. The van der Waals surface area contributed by atoms with Crippen LogP contribution in [0.15, 0.2) is 0 Å². The Kier molecular flexibility index (Phi) is 5.03. The van der Waals surface area contributed by atoms with Crippen molar-refractivity contribution < 1.29 is 19.5 Å². The summed E-state index contributed by atoms with van der Waals surface area (Å²) in [6.45, 7) is 1.21. The van der Waals surface area contributed by atoms with Gasteiger partial charge in [0.15, 0.2) is 0 Å². The summed E-state index contributed by atoms with van der Waals surface area (Å²) in [5.74, 6) is -0.676. The fraction of sp³-hybridized carbons (Fsp3) is 0.786. The van der Waals surface area contributed by atoms with Crippen LogP contribution in [0.5, 0.6) is 0 Å². The summed E-state index contributed by atoms with van der Waals surface area (Å²) in [6, 6.07) is -0.734. The normalized spacial score (nSPS) is 29.3. The molecule has 1 saturated heterocycles. The van der Waals surface area contributed by atoms with Gasteiger partial charge in [0.1, 0.15) is 6.04 Å². The first kappa shape index (κ1) is 15.6. The molecular formula is C14H23N3O4. The quantitative estimate of drug-likeness (QED) is 0.700. The number of carboxylic acids is 1. The third kappa shape index (κ3) is 4.09. The van der Waals surface area contributed by atoms with E-state index in [1.54, 1.807) is 11.9 Å². The van der Waals surface area contributed by atoms with E-state index >= 15 is 0 Å². The van der Waals surface area contributed by atoms with Crippen LogP contribution in [-0.4, -0.2) is 54.1 Å². The Labute approximate surface area is 124 Å². The highest BCUT2D eigenvalue weighted by Crippen LogP contribution is 2.28. The second kappa shape index (κ2) is 6.78. The predicted octanol–water partition coefficient (Wildman–Crippen LogP) is 0.407. The molecule has 7 nitrogen and oxygen atoms in total. The van der Waals surface area contributed by atoms with Crippen LogP contribution in [0, 0.1) is 11.8 Å². The van der Waals surface area contributed by atoms with Crippen molar-refractivity contribution in [3.8, 4) is 0 Å². The first-order valence-corrected chi connectivity index (χ1v) is 7.49. The molecular weight excluding hydrogens is 274 g/mol. The smallest absolute Gasteiger partial charge is 0.315 e. The van der Waals surface area contributed by atoms with Crippen molar-refractivity contribution in [2.24, 2.45) is 11.8 Å². The van der Waals surface area contributed by atoms with Gasteiger partial charge in [0, 0.05) is 20.1 Å². The van der Waals surface area contributed by atoms with Crippen molar-refractivity contribution in [1.29, 1.82) is 0 Å². The molecule has 0 spiro atoms. The van der Waals surface area contributed by atoms with Crippen LogP contribution >= 0.6 is 0 Å². The average Bonchev–Trinajstić information content (AvgIpc) is 2.77. The summed E-state index contributed by atoms with van der Waals surface area (Å²) in [4.78, 5) is 35.9. The lowest BCUT2D eigenvalue weighted by molar-refractivity contribution is -0.143. The molecule has 3 amide bonds. The number of amides is 3. The minimum Gasteiger partial charge on any atom is -0.481 e. The summed E-state index contributed by atoms with van der Waals surface area (Å²) in [7, 11) is 1.73. The van der Waals surface area contributed by atoms with Crippen molar-refractivity contribution in [3.63, 3.8) is 0 Å². The maximum absolute atomic E-state index is 11.8. The highest BCUT2D eigenvalue weighted by atomic mass is 16.4. The van der Waals surface area contributed by atoms with Gasteiger partial charge < -0.3 is 20.6 Å². The molecule has 1 atom stereocenters. The topological polar surface area (TPSA) is 98.7 Å². The molecule has 7 heteroatoms. The predicted molar refractivity (Wildman–Crippen MR) is 75.7 cm³/mol. The monoisotopic (exact) mass is 297 g/mol. The lowest BCUT2D eigenvalue weighted by Crippen LogP contribution is -2.46. The number of aliphatic carboxylic acids is 1. The Balaban J connectivity index is 1.66. The van der Waals surface area contributed by atoms with Crippen molar-refractivity contribution >= 4 is 17.9 Å². The Bertz CT molecular complexity index is 418. The third-order valence-corrected chi connectivity index (χ3v) is 4.48. The van der Waals surface area contributed by atoms with E-state index in [4.69, 9.17) is 5.11 Å². The standard InChI is InChI=1S/C14H23N3O4/c1-17-7-6-11(12(17)18)16-14(21)15-8-9-2-4-10(5-3-9)13(19)20/h9-11H,2-8H2,1H3,(H,19,20)(H2,15,16,21). The van der Waals surface area contributed by atoms with Crippen molar-refractivity contribution in [2.75, 3.05) is 20.1 Å². The molecule has 1 heterocycles. The zero-order valence-electron chi connectivity index (χ0n) is 12.3. The highest BCUT2D eigenvalue weighted by molar-refractivity contribution is 5.88. The molecule has 0 aromatic rings. The van der Waals surface area contributed by atoms with Gasteiger partial charge >= 0.3 is 12.0 Å². The Morgan fingerprint density at radius 1 is 1.24 bits per heavy atom. The summed E-state index contributed by atoms with van der Waals surface area (Å²) in [5, 5.41) is 14.4. The number of carbonyl (C=O) groups is 3. The number of hydrogen-bond donors (Lipinski definition) is 3. The molecule has 0 bridgehead atoms. The molecule has 2 fully saturated rings. The first-order chi connectivity index (χ1) is 9.97. The number of urea groups is 1. The number of hydrogen-bond acceptors (Lipinski definition) is 3. The van der Waals surface area contributed by atoms with Gasteiger partial charge in [-0.05, 0) is 38.0 Å². The molecule has 0 aromatic heterocycles.